The molecule has 0 radical (unpaired) electrons. The van der Waals surface area contributed by atoms with Gasteiger partial charge in [-0.15, -0.1) is 0 Å². The summed E-state index contributed by atoms with van der Waals surface area (Å²) >= 11 is 0. The molecule has 5 aromatic rings. The second-order valence-electron chi connectivity index (χ2n) is 8.01. The van der Waals surface area contributed by atoms with Crippen LogP contribution < -0.4 is 4.90 Å². The highest BCUT2D eigenvalue weighted by Crippen LogP contribution is 2.33. The van der Waals surface area contributed by atoms with Crippen molar-refractivity contribution in [3.05, 3.63) is 49.1 Å². The normalized spacial score (nSPS) is 16.8. The van der Waals surface area contributed by atoms with E-state index in [2.05, 4.69) is 37.9 Å². The van der Waals surface area contributed by atoms with E-state index in [1.807, 2.05) is 42.3 Å². The Kier molecular flexibility index (Phi) is 4.36. The van der Waals surface area contributed by atoms with Crippen LogP contribution in [0.1, 0.15) is 6.92 Å². The fraction of sp³-hybridized carbons (Fsp3) is 0.261. The van der Waals surface area contributed by atoms with Gasteiger partial charge in [-0.1, -0.05) is 0 Å². The van der Waals surface area contributed by atoms with E-state index in [4.69, 9.17) is 14.7 Å². The number of nitrogens with one attached hydrogen (secondary N) is 1. The number of morpholine rings is 1. The van der Waals surface area contributed by atoms with Crippen LogP contribution in [0.5, 0.6) is 0 Å². The molecule has 6 rings (SSSR count). The molecule has 0 aromatic carbocycles. The van der Waals surface area contributed by atoms with Crippen molar-refractivity contribution in [3.8, 4) is 22.8 Å². The van der Waals surface area contributed by atoms with Gasteiger partial charge in [-0.3, -0.25) is 9.67 Å². The number of rotatable bonds is 3. The summed E-state index contributed by atoms with van der Waals surface area (Å²) in [7, 11) is 1.91. The summed E-state index contributed by atoms with van der Waals surface area (Å²) in [5, 5.41) is 6.24. The van der Waals surface area contributed by atoms with Gasteiger partial charge in [0, 0.05) is 48.5 Å². The number of aryl methyl sites for hydroxylation is 1. The fourth-order valence-electron chi connectivity index (χ4n) is 4.32. The molecular formula is C23H22N8O. The van der Waals surface area contributed by atoms with Crippen LogP contribution in [0.25, 0.3) is 44.7 Å². The van der Waals surface area contributed by atoms with E-state index in [-0.39, 0.29) is 6.04 Å². The van der Waals surface area contributed by atoms with Gasteiger partial charge < -0.3 is 14.6 Å². The Hall–Kier alpha value is -3.85. The van der Waals surface area contributed by atoms with Crippen molar-refractivity contribution in [1.29, 1.82) is 0 Å². The van der Waals surface area contributed by atoms with Gasteiger partial charge in [-0.2, -0.15) is 5.10 Å². The minimum atomic E-state index is 0.202. The lowest BCUT2D eigenvalue weighted by molar-refractivity contribution is 0.0987. The van der Waals surface area contributed by atoms with Crippen molar-refractivity contribution in [2.24, 2.45) is 7.05 Å². The molecule has 0 saturated carbocycles. The molecule has 1 N–H and O–H groups in total. The Balaban J connectivity index is 1.60. The molecule has 1 fully saturated rings. The van der Waals surface area contributed by atoms with Crippen LogP contribution >= 0.6 is 0 Å². The van der Waals surface area contributed by atoms with E-state index >= 15 is 0 Å². The van der Waals surface area contributed by atoms with Gasteiger partial charge in [0.05, 0.1) is 42.4 Å². The number of nitrogens with zero attached hydrogens (tertiary/aromatic N) is 7. The first-order valence-corrected chi connectivity index (χ1v) is 10.6. The van der Waals surface area contributed by atoms with E-state index in [1.54, 1.807) is 12.4 Å². The summed E-state index contributed by atoms with van der Waals surface area (Å²) in [6, 6.07) is 8.19. The zero-order chi connectivity index (χ0) is 21.7. The number of fused-ring (bicyclic) bond motifs is 2. The lowest BCUT2D eigenvalue weighted by Crippen LogP contribution is -2.44. The Morgan fingerprint density at radius 1 is 1.09 bits per heavy atom. The van der Waals surface area contributed by atoms with Crippen molar-refractivity contribution < 1.29 is 4.74 Å². The largest absolute Gasteiger partial charge is 0.377 e. The third-order valence-corrected chi connectivity index (χ3v) is 5.99. The smallest absolute Gasteiger partial charge is 0.163 e. The zero-order valence-corrected chi connectivity index (χ0v) is 17.9. The first-order valence-electron chi connectivity index (χ1n) is 10.6. The maximum Gasteiger partial charge on any atom is 0.163 e. The molecule has 160 valence electrons. The van der Waals surface area contributed by atoms with Gasteiger partial charge in [-0.25, -0.2) is 15.0 Å². The fourth-order valence-corrected chi connectivity index (χ4v) is 4.32. The molecule has 0 amide bonds. The Morgan fingerprint density at radius 3 is 2.88 bits per heavy atom. The van der Waals surface area contributed by atoms with Gasteiger partial charge in [0.25, 0.3) is 0 Å². The van der Waals surface area contributed by atoms with Crippen LogP contribution in [0.4, 0.5) is 5.82 Å². The average Bonchev–Trinajstić information content (AvgIpc) is 3.47. The summed E-state index contributed by atoms with van der Waals surface area (Å²) in [6.45, 7) is 4.26. The molecule has 0 spiro atoms. The highest BCUT2D eigenvalue weighted by atomic mass is 16.5. The summed E-state index contributed by atoms with van der Waals surface area (Å²) in [6.07, 6.45) is 7.27. The molecule has 1 aliphatic rings. The molecule has 1 saturated heterocycles. The maximum absolute atomic E-state index is 5.68. The summed E-state index contributed by atoms with van der Waals surface area (Å²) in [5.74, 6) is 1.56. The van der Waals surface area contributed by atoms with Crippen LogP contribution in [0.2, 0.25) is 0 Å². The first kappa shape index (κ1) is 18.9. The lowest BCUT2D eigenvalue weighted by atomic mass is 10.1. The number of anilines is 1. The minimum absolute atomic E-state index is 0.202. The van der Waals surface area contributed by atoms with E-state index in [9.17, 15) is 0 Å². The second-order valence-corrected chi connectivity index (χ2v) is 8.01. The van der Waals surface area contributed by atoms with E-state index in [0.29, 0.717) is 19.0 Å². The van der Waals surface area contributed by atoms with E-state index < -0.39 is 0 Å². The number of ether oxygens (including phenoxy) is 1. The third-order valence-electron chi connectivity index (χ3n) is 5.99. The highest BCUT2D eigenvalue weighted by molar-refractivity contribution is 5.96. The SMILES string of the molecule is C[C@@H]1COCCN1c1nc(-c2ccnc3[nH]ccc23)nc2cnc(-c3ccnn3C)cc12. The molecule has 9 heteroatoms. The predicted molar refractivity (Wildman–Crippen MR) is 122 cm³/mol. The average molecular weight is 426 g/mol. The first-order chi connectivity index (χ1) is 15.7. The van der Waals surface area contributed by atoms with E-state index in [1.165, 1.54) is 0 Å². The summed E-state index contributed by atoms with van der Waals surface area (Å²) < 4.78 is 7.50. The number of aromatic nitrogens is 7. The lowest BCUT2D eigenvalue weighted by Gasteiger charge is -2.35. The molecule has 1 atom stereocenters. The third kappa shape index (κ3) is 3.01. The Labute approximate surface area is 184 Å². The van der Waals surface area contributed by atoms with Crippen molar-refractivity contribution >= 4 is 27.8 Å². The Morgan fingerprint density at radius 2 is 2.03 bits per heavy atom. The number of H-pyrrole nitrogens is 1. The van der Waals surface area contributed by atoms with E-state index in [0.717, 1.165) is 51.3 Å². The van der Waals surface area contributed by atoms with Gasteiger partial charge in [-0.05, 0) is 31.2 Å². The molecular weight excluding hydrogens is 404 g/mol. The van der Waals surface area contributed by atoms with Crippen LogP contribution in [-0.2, 0) is 11.8 Å². The second kappa shape index (κ2) is 7.38. The van der Waals surface area contributed by atoms with Crippen LogP contribution in [-0.4, -0.2) is 60.5 Å². The van der Waals surface area contributed by atoms with Gasteiger partial charge in [0.2, 0.25) is 0 Å². The predicted octanol–water partition coefficient (Wildman–Crippen LogP) is 3.19. The van der Waals surface area contributed by atoms with Crippen molar-refractivity contribution in [3.63, 3.8) is 0 Å². The molecule has 0 bridgehead atoms. The molecule has 6 heterocycles. The molecule has 0 aliphatic carbocycles. The quantitative estimate of drug-likeness (QED) is 0.473. The Bertz CT molecular complexity index is 1440. The molecule has 5 aromatic heterocycles. The van der Waals surface area contributed by atoms with Gasteiger partial charge in [0.1, 0.15) is 11.5 Å². The number of pyridine rings is 2. The number of hydrogen-bond acceptors (Lipinski definition) is 7. The standard InChI is InChI=1S/C23H22N8O/c1-14-13-32-10-9-31(14)23-17-11-18(20-5-8-27-30(20)2)26-12-19(17)28-22(29-23)16-4-7-25-21-15(16)3-6-24-21/h3-8,11-12,14H,9-10,13H2,1-2H3,(H,24,25)/t14-/m1/s1. The van der Waals surface area contributed by atoms with Crippen LogP contribution in [0, 0.1) is 0 Å². The van der Waals surface area contributed by atoms with Gasteiger partial charge >= 0.3 is 0 Å². The van der Waals surface area contributed by atoms with Crippen LogP contribution in [0.3, 0.4) is 0 Å². The van der Waals surface area contributed by atoms with Crippen molar-refractivity contribution in [1.82, 2.24) is 34.7 Å². The maximum atomic E-state index is 5.68. The number of hydrogen-bond donors (Lipinski definition) is 1. The molecule has 32 heavy (non-hydrogen) atoms. The molecule has 0 unspecified atom stereocenters. The highest BCUT2D eigenvalue weighted by Gasteiger charge is 2.24. The van der Waals surface area contributed by atoms with Crippen molar-refractivity contribution in [2.45, 2.75) is 13.0 Å². The summed E-state index contributed by atoms with van der Waals surface area (Å²) in [5.41, 5.74) is 4.34. The van der Waals surface area contributed by atoms with Gasteiger partial charge in [0.15, 0.2) is 5.82 Å². The zero-order valence-electron chi connectivity index (χ0n) is 17.9. The molecule has 1 aliphatic heterocycles. The number of aromatic amines is 1. The topological polar surface area (TPSA) is 97.6 Å². The van der Waals surface area contributed by atoms with Crippen molar-refractivity contribution in [2.75, 3.05) is 24.7 Å². The monoisotopic (exact) mass is 426 g/mol. The van der Waals surface area contributed by atoms with Crippen LogP contribution in [0.15, 0.2) is 49.1 Å². The summed E-state index contributed by atoms with van der Waals surface area (Å²) in [4.78, 5) is 24.6. The minimum Gasteiger partial charge on any atom is -0.377 e. The molecule has 9 nitrogen and oxygen atoms in total.